The Bertz CT molecular complexity index is 2090. The minimum Gasteiger partial charge on any atom is -0.481 e. The summed E-state index contributed by atoms with van der Waals surface area (Å²) in [5.41, 5.74) is 1.08. The molecule has 6 rings (SSSR count). The molecule has 0 bridgehead atoms. The van der Waals surface area contributed by atoms with Crippen LogP contribution in [0, 0.1) is 15.9 Å². The Morgan fingerprint density at radius 2 is 1.81 bits per heavy atom. The Hall–Kier alpha value is -4.68. The second-order valence-electron chi connectivity index (χ2n) is 9.12. The number of rotatable bonds is 7. The van der Waals surface area contributed by atoms with Crippen LogP contribution in [-0.4, -0.2) is 20.8 Å². The summed E-state index contributed by atoms with van der Waals surface area (Å²) in [6.45, 7) is -0.0686. The van der Waals surface area contributed by atoms with Crippen LogP contribution in [0.3, 0.4) is 0 Å². The topological polar surface area (TPSA) is 113 Å². The largest absolute Gasteiger partial charge is 0.481 e. The Morgan fingerprint density at radius 3 is 2.60 bits per heavy atom. The van der Waals surface area contributed by atoms with Gasteiger partial charge in [-0.2, -0.15) is 9.78 Å². The lowest BCUT2D eigenvalue weighted by Crippen LogP contribution is -2.20. The zero-order valence-electron chi connectivity index (χ0n) is 21.3. The number of fused-ring (bicyclic) bond motifs is 2. The molecule has 4 aromatic carbocycles. The van der Waals surface area contributed by atoms with Crippen molar-refractivity contribution in [3.8, 4) is 17.3 Å². The molecule has 2 aromatic heterocycles. The maximum absolute atomic E-state index is 13.7. The van der Waals surface area contributed by atoms with Gasteiger partial charge in [-0.3, -0.25) is 14.9 Å². The third-order valence-corrected chi connectivity index (χ3v) is 7.27. The molecule has 2 heterocycles. The SMILES string of the molecule is O=c1c2ccccc2nc(-c2cc3cc(Br)ccc3o2)n1N=Cc1cc(Br)cc([N+](=O)[O-])c1OCc1ccc(F)cc1. The van der Waals surface area contributed by atoms with E-state index in [2.05, 4.69) is 41.9 Å². The van der Waals surface area contributed by atoms with Crippen molar-refractivity contribution >= 4 is 65.6 Å². The number of nitro benzene ring substituents is 1. The standard InChI is InChI=1S/C30H17Br2FN4O5/c31-20-7-10-26-18(11-20)13-27(42-26)29-35-24-4-2-1-3-23(24)30(38)36(29)34-15-19-12-21(32)14-25(37(39)40)28(19)41-16-17-5-8-22(33)9-6-17/h1-15H,16H2. The Labute approximate surface area is 253 Å². The quantitative estimate of drug-likeness (QED) is 0.0958. The van der Waals surface area contributed by atoms with Crippen molar-refractivity contribution in [3.63, 3.8) is 0 Å². The first-order valence-corrected chi connectivity index (χ1v) is 14.0. The van der Waals surface area contributed by atoms with E-state index in [1.807, 2.05) is 12.1 Å². The summed E-state index contributed by atoms with van der Waals surface area (Å²) in [6.07, 6.45) is 1.29. The third-order valence-electron chi connectivity index (χ3n) is 6.32. The highest BCUT2D eigenvalue weighted by atomic mass is 79.9. The van der Waals surface area contributed by atoms with Gasteiger partial charge >= 0.3 is 5.69 Å². The van der Waals surface area contributed by atoms with Crippen LogP contribution < -0.4 is 10.3 Å². The van der Waals surface area contributed by atoms with Gasteiger partial charge < -0.3 is 9.15 Å². The molecule has 9 nitrogen and oxygen atoms in total. The molecule has 42 heavy (non-hydrogen) atoms. The number of ether oxygens (including phenoxy) is 1. The van der Waals surface area contributed by atoms with Gasteiger partial charge in [0.15, 0.2) is 5.76 Å². The zero-order valence-corrected chi connectivity index (χ0v) is 24.5. The first kappa shape index (κ1) is 27.5. The first-order valence-electron chi connectivity index (χ1n) is 12.4. The molecule has 0 amide bonds. The predicted octanol–water partition coefficient (Wildman–Crippen LogP) is 7.84. The number of nitrogens with zero attached hydrogens (tertiary/aromatic N) is 4. The average Bonchev–Trinajstić information content (AvgIpc) is 3.39. The summed E-state index contributed by atoms with van der Waals surface area (Å²) in [5.74, 6) is -0.0478. The number of furan rings is 1. The van der Waals surface area contributed by atoms with E-state index in [9.17, 15) is 19.3 Å². The molecule has 0 aliphatic heterocycles. The maximum Gasteiger partial charge on any atom is 0.312 e. The molecule has 0 saturated carbocycles. The average molecular weight is 692 g/mol. The third kappa shape index (κ3) is 5.46. The van der Waals surface area contributed by atoms with Gasteiger partial charge in [0.1, 0.15) is 18.0 Å². The van der Waals surface area contributed by atoms with E-state index in [1.165, 1.54) is 36.5 Å². The van der Waals surface area contributed by atoms with E-state index < -0.39 is 16.3 Å². The Balaban J connectivity index is 1.49. The highest BCUT2D eigenvalue weighted by Crippen LogP contribution is 2.35. The van der Waals surface area contributed by atoms with E-state index in [-0.39, 0.29) is 29.4 Å². The molecule has 0 unspecified atom stereocenters. The Morgan fingerprint density at radius 1 is 1.02 bits per heavy atom. The van der Waals surface area contributed by atoms with Crippen LogP contribution in [0.15, 0.2) is 108 Å². The molecular weight excluding hydrogens is 675 g/mol. The van der Waals surface area contributed by atoms with Crippen molar-refractivity contribution in [2.24, 2.45) is 5.10 Å². The van der Waals surface area contributed by atoms with Crippen LogP contribution in [0.25, 0.3) is 33.5 Å². The lowest BCUT2D eigenvalue weighted by atomic mass is 10.2. The van der Waals surface area contributed by atoms with Gasteiger partial charge in [0.05, 0.1) is 22.0 Å². The van der Waals surface area contributed by atoms with Gasteiger partial charge in [0.25, 0.3) is 5.56 Å². The normalized spacial score (nSPS) is 11.5. The van der Waals surface area contributed by atoms with Crippen LogP contribution in [-0.2, 0) is 6.61 Å². The van der Waals surface area contributed by atoms with E-state index in [0.717, 1.165) is 14.5 Å². The summed E-state index contributed by atoms with van der Waals surface area (Å²) in [5, 5.41) is 17.5. The second-order valence-corrected chi connectivity index (χ2v) is 11.0. The molecule has 0 aliphatic carbocycles. The molecule has 0 atom stereocenters. The van der Waals surface area contributed by atoms with Crippen molar-refractivity contribution in [3.05, 3.63) is 131 Å². The van der Waals surface area contributed by atoms with Crippen LogP contribution in [0.5, 0.6) is 5.75 Å². The van der Waals surface area contributed by atoms with E-state index >= 15 is 0 Å². The second kappa shape index (κ2) is 11.3. The molecule has 0 N–H and O–H groups in total. The highest BCUT2D eigenvalue weighted by molar-refractivity contribution is 9.10. The molecule has 0 saturated heterocycles. The van der Waals surface area contributed by atoms with Crippen molar-refractivity contribution in [2.75, 3.05) is 0 Å². The van der Waals surface area contributed by atoms with E-state index in [0.29, 0.717) is 32.3 Å². The number of para-hydroxylation sites is 1. The number of aromatic nitrogens is 2. The lowest BCUT2D eigenvalue weighted by molar-refractivity contribution is -0.386. The number of halogens is 3. The summed E-state index contributed by atoms with van der Waals surface area (Å²) < 4.78 is 27.6. The minimum absolute atomic E-state index is 0.0686. The van der Waals surface area contributed by atoms with Crippen LogP contribution in [0.1, 0.15) is 11.1 Å². The maximum atomic E-state index is 13.7. The Kier molecular flexibility index (Phi) is 7.40. The monoisotopic (exact) mass is 690 g/mol. The fourth-order valence-corrected chi connectivity index (χ4v) is 5.20. The summed E-state index contributed by atoms with van der Waals surface area (Å²) in [6, 6.07) is 22.6. The molecule has 208 valence electrons. The van der Waals surface area contributed by atoms with Crippen molar-refractivity contribution in [2.45, 2.75) is 6.61 Å². The molecule has 0 spiro atoms. The van der Waals surface area contributed by atoms with E-state index in [4.69, 9.17) is 9.15 Å². The van der Waals surface area contributed by atoms with Crippen molar-refractivity contribution < 1.29 is 18.5 Å². The zero-order chi connectivity index (χ0) is 29.4. The number of benzene rings is 4. The molecule has 6 aromatic rings. The fraction of sp³-hybridized carbons (Fsp3) is 0.0333. The van der Waals surface area contributed by atoms with Crippen molar-refractivity contribution in [1.82, 2.24) is 9.66 Å². The van der Waals surface area contributed by atoms with Gasteiger partial charge in [-0.05, 0) is 60.2 Å². The smallest absolute Gasteiger partial charge is 0.312 e. The lowest BCUT2D eigenvalue weighted by Gasteiger charge is -2.11. The van der Waals surface area contributed by atoms with E-state index in [1.54, 1.807) is 42.5 Å². The van der Waals surface area contributed by atoms with Crippen LogP contribution >= 0.6 is 31.9 Å². The fourth-order valence-electron chi connectivity index (χ4n) is 4.36. The van der Waals surface area contributed by atoms with Gasteiger partial charge in [0.2, 0.25) is 11.6 Å². The molecule has 0 fully saturated rings. The molecular formula is C30H17Br2FN4O5. The summed E-state index contributed by atoms with van der Waals surface area (Å²) in [7, 11) is 0. The van der Waals surface area contributed by atoms with Gasteiger partial charge in [-0.15, -0.1) is 0 Å². The van der Waals surface area contributed by atoms with Gasteiger partial charge in [-0.25, -0.2) is 9.37 Å². The molecule has 0 aliphatic rings. The van der Waals surface area contributed by atoms with Crippen LogP contribution in [0.2, 0.25) is 0 Å². The summed E-state index contributed by atoms with van der Waals surface area (Å²) in [4.78, 5) is 29.7. The molecule has 0 radical (unpaired) electrons. The summed E-state index contributed by atoms with van der Waals surface area (Å²) >= 11 is 6.76. The molecule has 12 heteroatoms. The van der Waals surface area contributed by atoms with Crippen LogP contribution in [0.4, 0.5) is 10.1 Å². The number of hydrogen-bond donors (Lipinski definition) is 0. The number of nitro groups is 1. The minimum atomic E-state index is -0.580. The van der Waals surface area contributed by atoms with Gasteiger partial charge in [0, 0.05) is 26.0 Å². The predicted molar refractivity (Wildman–Crippen MR) is 163 cm³/mol. The first-order chi connectivity index (χ1) is 20.3. The van der Waals surface area contributed by atoms with Gasteiger partial charge in [-0.1, -0.05) is 56.1 Å². The highest BCUT2D eigenvalue weighted by Gasteiger charge is 2.22. The number of hydrogen-bond acceptors (Lipinski definition) is 7. The van der Waals surface area contributed by atoms with Crippen molar-refractivity contribution in [1.29, 1.82) is 0 Å².